The summed E-state index contributed by atoms with van der Waals surface area (Å²) in [6, 6.07) is 13.9. The van der Waals surface area contributed by atoms with E-state index in [9.17, 15) is 14.0 Å². The van der Waals surface area contributed by atoms with Crippen molar-refractivity contribution in [3.63, 3.8) is 0 Å². The molecule has 0 bridgehead atoms. The molecule has 24 heavy (non-hydrogen) atoms. The highest BCUT2D eigenvalue weighted by atomic mass is 19.1. The van der Waals surface area contributed by atoms with E-state index < -0.39 is 0 Å². The minimum absolute atomic E-state index is 0.0595. The molecule has 0 heterocycles. The Morgan fingerprint density at radius 1 is 1.12 bits per heavy atom. The third kappa shape index (κ3) is 4.91. The molecule has 4 nitrogen and oxygen atoms in total. The van der Waals surface area contributed by atoms with Crippen LogP contribution in [0, 0.1) is 12.7 Å². The Labute approximate surface area is 141 Å². The van der Waals surface area contributed by atoms with Crippen LogP contribution in [0.4, 0.5) is 10.1 Å². The largest absolute Gasteiger partial charge is 0.354 e. The molecule has 0 aliphatic heterocycles. The van der Waals surface area contributed by atoms with Gasteiger partial charge in [-0.2, -0.15) is 0 Å². The molecular weight excluding hydrogens is 307 g/mol. The number of carbonyl (C=O) groups is 2. The second-order valence-electron chi connectivity index (χ2n) is 5.64. The zero-order valence-electron chi connectivity index (χ0n) is 13.9. The molecule has 0 spiro atoms. The molecule has 2 aromatic carbocycles. The predicted molar refractivity (Wildman–Crippen MR) is 92.3 cm³/mol. The summed E-state index contributed by atoms with van der Waals surface area (Å²) in [7, 11) is 0. The second kappa shape index (κ2) is 8.24. The molecule has 0 unspecified atom stereocenters. The second-order valence-corrected chi connectivity index (χ2v) is 5.64. The molecule has 2 aromatic rings. The molecule has 0 fully saturated rings. The first kappa shape index (κ1) is 17.7. The first-order valence-corrected chi connectivity index (χ1v) is 7.82. The topological polar surface area (TPSA) is 49.4 Å². The lowest BCUT2D eigenvalue weighted by Crippen LogP contribution is -2.40. The minimum atomic E-state index is -0.281. The number of nitrogens with one attached hydrogen (secondary N) is 1. The van der Waals surface area contributed by atoms with E-state index in [2.05, 4.69) is 5.32 Å². The van der Waals surface area contributed by atoms with Crippen molar-refractivity contribution in [1.82, 2.24) is 5.32 Å². The Bertz CT molecular complexity index is 731. The summed E-state index contributed by atoms with van der Waals surface area (Å²) < 4.78 is 13.5. The highest BCUT2D eigenvalue weighted by molar-refractivity contribution is 5.97. The van der Waals surface area contributed by atoms with Crippen LogP contribution in [-0.2, 0) is 16.0 Å². The Balaban J connectivity index is 1.92. The molecule has 2 amide bonds. The van der Waals surface area contributed by atoms with Gasteiger partial charge in [0, 0.05) is 19.2 Å². The first-order valence-electron chi connectivity index (χ1n) is 7.82. The average molecular weight is 328 g/mol. The Morgan fingerprint density at radius 3 is 2.54 bits per heavy atom. The van der Waals surface area contributed by atoms with Crippen molar-refractivity contribution < 1.29 is 14.0 Å². The zero-order valence-corrected chi connectivity index (χ0v) is 13.9. The third-order valence-electron chi connectivity index (χ3n) is 3.67. The van der Waals surface area contributed by atoms with Gasteiger partial charge in [-0.1, -0.05) is 30.3 Å². The summed E-state index contributed by atoms with van der Waals surface area (Å²) in [6.45, 7) is 3.61. The first-order chi connectivity index (χ1) is 11.5. The van der Waals surface area contributed by atoms with Crippen LogP contribution in [0.1, 0.15) is 18.1 Å². The molecule has 0 atom stereocenters. The van der Waals surface area contributed by atoms with Crippen molar-refractivity contribution in [3.8, 4) is 0 Å². The monoisotopic (exact) mass is 328 g/mol. The predicted octanol–water partition coefficient (Wildman–Crippen LogP) is 2.85. The number of hydrogen-bond donors (Lipinski definition) is 1. The van der Waals surface area contributed by atoms with E-state index in [1.807, 2.05) is 25.1 Å². The van der Waals surface area contributed by atoms with Crippen LogP contribution in [0.3, 0.4) is 0 Å². The van der Waals surface area contributed by atoms with Crippen molar-refractivity contribution in [2.24, 2.45) is 0 Å². The van der Waals surface area contributed by atoms with Gasteiger partial charge < -0.3 is 10.2 Å². The maximum absolute atomic E-state index is 13.5. The molecular formula is C19H21FN2O2. The molecule has 0 radical (unpaired) electrons. The number of hydrogen-bond acceptors (Lipinski definition) is 2. The smallest absolute Gasteiger partial charge is 0.240 e. The van der Waals surface area contributed by atoms with Crippen molar-refractivity contribution in [1.29, 1.82) is 0 Å². The highest BCUT2D eigenvalue weighted by Crippen LogP contribution is 2.15. The van der Waals surface area contributed by atoms with Gasteiger partial charge >= 0.3 is 0 Å². The van der Waals surface area contributed by atoms with Gasteiger partial charge in [-0.15, -0.1) is 0 Å². The van der Waals surface area contributed by atoms with E-state index in [1.165, 1.54) is 17.9 Å². The number of carbonyl (C=O) groups excluding carboxylic acids is 2. The van der Waals surface area contributed by atoms with Gasteiger partial charge in [-0.05, 0) is 42.7 Å². The summed E-state index contributed by atoms with van der Waals surface area (Å²) in [6.07, 6.45) is 0.406. The number of aryl methyl sites for hydroxylation is 1. The Hall–Kier alpha value is -2.69. The summed E-state index contributed by atoms with van der Waals surface area (Å²) in [5, 5.41) is 2.73. The molecule has 0 aliphatic carbocycles. The summed E-state index contributed by atoms with van der Waals surface area (Å²) >= 11 is 0. The van der Waals surface area contributed by atoms with Gasteiger partial charge in [-0.3, -0.25) is 9.59 Å². The van der Waals surface area contributed by atoms with Gasteiger partial charge in [0.15, 0.2) is 0 Å². The molecule has 1 N–H and O–H groups in total. The SMILES string of the molecule is CC(=O)N(CC(=O)NCCc1ccccc1F)c1cccc(C)c1. The fourth-order valence-corrected chi connectivity index (χ4v) is 2.42. The standard InChI is InChI=1S/C19H21FN2O2/c1-14-6-5-8-17(12-14)22(15(2)23)13-19(24)21-11-10-16-7-3-4-9-18(16)20/h3-9,12H,10-11,13H2,1-2H3,(H,21,24). The van der Waals surface area contributed by atoms with E-state index in [0.717, 1.165) is 5.56 Å². The van der Waals surface area contributed by atoms with E-state index in [0.29, 0.717) is 24.2 Å². The van der Waals surface area contributed by atoms with Crippen LogP contribution in [0.5, 0.6) is 0 Å². The summed E-state index contributed by atoms with van der Waals surface area (Å²) in [4.78, 5) is 25.3. The highest BCUT2D eigenvalue weighted by Gasteiger charge is 2.15. The molecule has 0 saturated heterocycles. The molecule has 126 valence electrons. The van der Waals surface area contributed by atoms with Crippen molar-refractivity contribution in [2.75, 3.05) is 18.0 Å². The van der Waals surface area contributed by atoms with Crippen LogP contribution in [0.15, 0.2) is 48.5 Å². The van der Waals surface area contributed by atoms with Crippen LogP contribution < -0.4 is 10.2 Å². The molecule has 0 saturated carbocycles. The number of rotatable bonds is 6. The Kier molecular flexibility index (Phi) is 6.07. The third-order valence-corrected chi connectivity index (χ3v) is 3.67. The fraction of sp³-hybridized carbons (Fsp3) is 0.263. The summed E-state index contributed by atoms with van der Waals surface area (Å²) in [5.74, 6) is -0.759. The number of nitrogens with zero attached hydrogens (tertiary/aromatic N) is 1. The van der Waals surface area contributed by atoms with E-state index in [1.54, 1.807) is 24.3 Å². The van der Waals surface area contributed by atoms with Gasteiger partial charge in [0.25, 0.3) is 0 Å². The maximum Gasteiger partial charge on any atom is 0.240 e. The number of anilines is 1. The van der Waals surface area contributed by atoms with E-state index in [4.69, 9.17) is 0 Å². The van der Waals surface area contributed by atoms with Crippen molar-refractivity contribution in [2.45, 2.75) is 20.3 Å². The normalized spacial score (nSPS) is 10.3. The van der Waals surface area contributed by atoms with Crippen LogP contribution in [0.2, 0.25) is 0 Å². The van der Waals surface area contributed by atoms with Crippen molar-refractivity contribution in [3.05, 3.63) is 65.5 Å². The average Bonchev–Trinajstić information content (AvgIpc) is 2.54. The van der Waals surface area contributed by atoms with E-state index in [-0.39, 0.29) is 24.2 Å². The molecule has 0 aliphatic rings. The maximum atomic E-state index is 13.5. The lowest BCUT2D eigenvalue weighted by Gasteiger charge is -2.21. The molecule has 2 rings (SSSR count). The van der Waals surface area contributed by atoms with Gasteiger partial charge in [0.2, 0.25) is 11.8 Å². The molecule has 5 heteroatoms. The van der Waals surface area contributed by atoms with Gasteiger partial charge in [-0.25, -0.2) is 4.39 Å². The van der Waals surface area contributed by atoms with Crippen LogP contribution >= 0.6 is 0 Å². The van der Waals surface area contributed by atoms with Gasteiger partial charge in [0.1, 0.15) is 12.4 Å². The summed E-state index contributed by atoms with van der Waals surface area (Å²) in [5.41, 5.74) is 2.25. The zero-order chi connectivity index (χ0) is 17.5. The number of benzene rings is 2. The Morgan fingerprint density at radius 2 is 1.88 bits per heavy atom. The lowest BCUT2D eigenvalue weighted by atomic mass is 10.1. The molecule has 0 aromatic heterocycles. The number of halogens is 1. The van der Waals surface area contributed by atoms with Crippen LogP contribution in [-0.4, -0.2) is 24.9 Å². The van der Waals surface area contributed by atoms with Crippen LogP contribution in [0.25, 0.3) is 0 Å². The lowest BCUT2D eigenvalue weighted by molar-refractivity contribution is -0.123. The minimum Gasteiger partial charge on any atom is -0.354 e. The fourth-order valence-electron chi connectivity index (χ4n) is 2.42. The van der Waals surface area contributed by atoms with Crippen molar-refractivity contribution >= 4 is 17.5 Å². The van der Waals surface area contributed by atoms with Gasteiger partial charge in [0.05, 0.1) is 0 Å². The number of amides is 2. The quantitative estimate of drug-likeness (QED) is 0.886. The van der Waals surface area contributed by atoms with E-state index >= 15 is 0 Å².